The van der Waals surface area contributed by atoms with Gasteiger partial charge < -0.3 is 16.2 Å². The van der Waals surface area contributed by atoms with Crippen LogP contribution in [-0.2, 0) is 6.54 Å². The van der Waals surface area contributed by atoms with Gasteiger partial charge in [-0.25, -0.2) is 0 Å². The molecule has 0 aliphatic carbocycles. The number of rotatable bonds is 2. The summed E-state index contributed by atoms with van der Waals surface area (Å²) in [5.41, 5.74) is 10.7. The van der Waals surface area contributed by atoms with E-state index in [4.69, 9.17) is 23.1 Å². The third-order valence-electron chi connectivity index (χ3n) is 1.45. The number of nitrogen functional groups attached to an aromatic ring is 1. The Kier molecular flexibility index (Phi) is 3.25. The summed E-state index contributed by atoms with van der Waals surface area (Å²) in [5.74, 6) is -0.927. The predicted octanol–water partition coefficient (Wildman–Crippen LogP) is 1.67. The van der Waals surface area contributed by atoms with E-state index < -0.39 is 12.2 Å². The van der Waals surface area contributed by atoms with Crippen molar-refractivity contribution < 1.29 is 17.9 Å². The Balaban J connectivity index is 3.12. The maximum atomic E-state index is 11.9. The Bertz CT molecular complexity index is 369. The van der Waals surface area contributed by atoms with Crippen molar-refractivity contribution in [1.29, 1.82) is 0 Å². The maximum absolute atomic E-state index is 11.9. The summed E-state index contributed by atoms with van der Waals surface area (Å²) in [6, 6.07) is 1.28. The molecule has 0 aliphatic rings. The zero-order valence-electron chi connectivity index (χ0n) is 7.31. The molecule has 15 heavy (non-hydrogen) atoms. The van der Waals surface area contributed by atoms with Crippen molar-refractivity contribution in [1.82, 2.24) is 4.98 Å². The molecular weight excluding hydrogens is 235 g/mol. The number of aromatic nitrogens is 1. The van der Waals surface area contributed by atoms with Crippen LogP contribution in [0.25, 0.3) is 0 Å². The van der Waals surface area contributed by atoms with Gasteiger partial charge in [-0.05, 0) is 11.6 Å². The van der Waals surface area contributed by atoms with Crippen LogP contribution in [0.4, 0.5) is 19.0 Å². The topological polar surface area (TPSA) is 74.2 Å². The molecule has 0 aliphatic heterocycles. The summed E-state index contributed by atoms with van der Waals surface area (Å²) in [4.78, 5) is 3.31. The van der Waals surface area contributed by atoms with Gasteiger partial charge in [0.05, 0.1) is 0 Å². The zero-order valence-corrected chi connectivity index (χ0v) is 8.06. The van der Waals surface area contributed by atoms with Crippen LogP contribution in [0.5, 0.6) is 5.88 Å². The number of pyridine rings is 1. The predicted molar refractivity (Wildman–Crippen MR) is 48.2 cm³/mol. The number of nitrogens with zero attached hydrogens (tertiary/aromatic N) is 1. The summed E-state index contributed by atoms with van der Waals surface area (Å²) in [7, 11) is 0. The van der Waals surface area contributed by atoms with Crippen LogP contribution < -0.4 is 16.2 Å². The first-order chi connectivity index (χ1) is 6.83. The fraction of sp³-hybridized carbons (Fsp3) is 0.286. The molecule has 8 heteroatoms. The molecule has 1 aromatic rings. The van der Waals surface area contributed by atoms with Gasteiger partial charge in [0.25, 0.3) is 0 Å². The molecule has 0 amide bonds. The number of hydrogen-bond donors (Lipinski definition) is 2. The van der Waals surface area contributed by atoms with E-state index in [0.29, 0.717) is 0 Å². The Morgan fingerprint density at radius 2 is 2.07 bits per heavy atom. The molecule has 84 valence electrons. The van der Waals surface area contributed by atoms with Crippen LogP contribution in [-0.4, -0.2) is 11.3 Å². The van der Waals surface area contributed by atoms with E-state index >= 15 is 0 Å². The molecule has 0 saturated carbocycles. The van der Waals surface area contributed by atoms with Gasteiger partial charge in [0.15, 0.2) is 0 Å². The van der Waals surface area contributed by atoms with Gasteiger partial charge >= 0.3 is 6.36 Å². The fourth-order valence-electron chi connectivity index (χ4n) is 0.904. The largest absolute Gasteiger partial charge is 0.574 e. The van der Waals surface area contributed by atoms with Gasteiger partial charge in [-0.1, -0.05) is 11.6 Å². The first kappa shape index (κ1) is 11.9. The SMILES string of the molecule is NCc1cc(N)nc(OC(F)(F)F)c1Cl. The smallest absolute Gasteiger partial charge is 0.386 e. The second-order valence-corrected chi connectivity index (χ2v) is 2.96. The molecule has 0 atom stereocenters. The fourth-order valence-corrected chi connectivity index (χ4v) is 1.12. The van der Waals surface area contributed by atoms with Crippen molar-refractivity contribution >= 4 is 17.4 Å². The molecule has 1 rings (SSSR count). The van der Waals surface area contributed by atoms with E-state index in [1.54, 1.807) is 0 Å². The summed E-state index contributed by atoms with van der Waals surface area (Å²) >= 11 is 5.56. The Labute approximate surface area is 88.0 Å². The second-order valence-electron chi connectivity index (χ2n) is 2.58. The van der Waals surface area contributed by atoms with Gasteiger partial charge in [-0.2, -0.15) is 4.98 Å². The Morgan fingerprint density at radius 1 is 1.47 bits per heavy atom. The minimum absolute atomic E-state index is 0.0558. The normalized spacial score (nSPS) is 11.5. The standard InChI is InChI=1S/C7H7ClF3N3O/c8-5-3(2-12)1-4(13)14-6(5)15-7(9,10)11/h1H,2,12H2,(H2,13,14). The minimum Gasteiger partial charge on any atom is -0.386 e. The lowest BCUT2D eigenvalue weighted by molar-refractivity contribution is -0.276. The molecule has 0 radical (unpaired) electrons. The molecule has 0 unspecified atom stereocenters. The van der Waals surface area contributed by atoms with Gasteiger partial charge in [0.2, 0.25) is 5.88 Å². The highest BCUT2D eigenvalue weighted by atomic mass is 35.5. The molecule has 4 nitrogen and oxygen atoms in total. The van der Waals surface area contributed by atoms with E-state index in [1.165, 1.54) is 6.07 Å². The Hall–Kier alpha value is -1.21. The number of halogens is 4. The van der Waals surface area contributed by atoms with Crippen LogP contribution >= 0.6 is 11.6 Å². The van der Waals surface area contributed by atoms with Crippen molar-refractivity contribution in [3.05, 3.63) is 16.7 Å². The summed E-state index contributed by atoms with van der Waals surface area (Å²) in [5, 5.41) is -0.288. The molecule has 4 N–H and O–H groups in total. The number of ether oxygens (including phenoxy) is 1. The van der Waals surface area contributed by atoms with Crippen molar-refractivity contribution in [2.75, 3.05) is 5.73 Å². The van der Waals surface area contributed by atoms with Gasteiger partial charge in [-0.3, -0.25) is 0 Å². The van der Waals surface area contributed by atoms with Gasteiger partial charge in [0.1, 0.15) is 10.8 Å². The number of alkyl halides is 3. The number of hydrogen-bond acceptors (Lipinski definition) is 4. The molecular formula is C7H7ClF3N3O. The van der Waals surface area contributed by atoms with Crippen LogP contribution in [0.2, 0.25) is 5.02 Å². The molecule has 1 heterocycles. The van der Waals surface area contributed by atoms with Gasteiger partial charge in [0, 0.05) is 6.54 Å². The lowest BCUT2D eigenvalue weighted by Crippen LogP contribution is -2.19. The second kappa shape index (κ2) is 4.11. The van der Waals surface area contributed by atoms with Crippen molar-refractivity contribution in [2.24, 2.45) is 5.73 Å². The highest BCUT2D eigenvalue weighted by Gasteiger charge is 2.33. The van der Waals surface area contributed by atoms with E-state index in [9.17, 15) is 13.2 Å². The quantitative estimate of drug-likeness (QED) is 0.826. The monoisotopic (exact) mass is 241 g/mol. The first-order valence-electron chi connectivity index (χ1n) is 3.74. The van der Waals surface area contributed by atoms with Crippen molar-refractivity contribution in [3.63, 3.8) is 0 Å². The maximum Gasteiger partial charge on any atom is 0.574 e. The number of anilines is 1. The Morgan fingerprint density at radius 3 is 2.53 bits per heavy atom. The molecule has 1 aromatic heterocycles. The molecule has 0 bridgehead atoms. The average molecular weight is 242 g/mol. The molecule has 0 spiro atoms. The van der Waals surface area contributed by atoms with Crippen LogP contribution in [0.15, 0.2) is 6.07 Å². The first-order valence-corrected chi connectivity index (χ1v) is 4.12. The zero-order chi connectivity index (χ0) is 11.6. The average Bonchev–Trinajstić information content (AvgIpc) is 2.08. The minimum atomic E-state index is -4.86. The highest BCUT2D eigenvalue weighted by molar-refractivity contribution is 6.32. The van der Waals surface area contributed by atoms with E-state index in [1.807, 2.05) is 0 Å². The summed E-state index contributed by atoms with van der Waals surface area (Å²) in [6.45, 7) is -0.0558. The molecule has 0 aromatic carbocycles. The molecule has 0 fully saturated rings. The van der Waals surface area contributed by atoms with Crippen LogP contribution in [0.3, 0.4) is 0 Å². The molecule has 0 saturated heterocycles. The van der Waals surface area contributed by atoms with Crippen LogP contribution in [0.1, 0.15) is 5.56 Å². The van der Waals surface area contributed by atoms with Gasteiger partial charge in [-0.15, -0.1) is 13.2 Å². The summed E-state index contributed by atoms with van der Waals surface area (Å²) < 4.78 is 39.3. The van der Waals surface area contributed by atoms with E-state index in [0.717, 1.165) is 0 Å². The third kappa shape index (κ3) is 3.14. The lowest BCUT2D eigenvalue weighted by Gasteiger charge is -2.11. The van der Waals surface area contributed by atoms with Crippen LogP contribution in [0, 0.1) is 0 Å². The highest BCUT2D eigenvalue weighted by Crippen LogP contribution is 2.31. The van der Waals surface area contributed by atoms with Crippen molar-refractivity contribution in [2.45, 2.75) is 12.9 Å². The van der Waals surface area contributed by atoms with Crippen molar-refractivity contribution in [3.8, 4) is 5.88 Å². The van der Waals surface area contributed by atoms with E-state index in [-0.39, 0.29) is 22.9 Å². The third-order valence-corrected chi connectivity index (χ3v) is 1.86. The number of nitrogens with two attached hydrogens (primary N) is 2. The van der Waals surface area contributed by atoms with E-state index in [2.05, 4.69) is 9.72 Å². The summed E-state index contributed by atoms with van der Waals surface area (Å²) in [6.07, 6.45) is -4.86. The lowest BCUT2D eigenvalue weighted by atomic mass is 10.2.